The third-order valence-corrected chi connectivity index (χ3v) is 11.2. The number of carboxylic acid groups (broad SMARTS) is 1. The van der Waals surface area contributed by atoms with E-state index in [1.54, 1.807) is 0 Å². The van der Waals surface area contributed by atoms with Crippen LogP contribution in [0.1, 0.15) is 213 Å². The number of aliphatic hydroxyl groups is 3. The summed E-state index contributed by atoms with van der Waals surface area (Å²) in [4.78, 5) is 36.9. The van der Waals surface area contributed by atoms with E-state index in [2.05, 4.69) is 50.3 Å². The van der Waals surface area contributed by atoms with E-state index in [1.807, 2.05) is 0 Å². The molecule has 0 aliphatic carbocycles. The first-order valence-corrected chi connectivity index (χ1v) is 24.5. The first-order chi connectivity index (χ1) is 29.7. The van der Waals surface area contributed by atoms with E-state index in [0.29, 0.717) is 12.8 Å². The number of hydrogen-bond acceptors (Lipinski definition) is 10. The molecule has 354 valence electrons. The van der Waals surface area contributed by atoms with Crippen molar-refractivity contribution in [3.8, 4) is 0 Å². The van der Waals surface area contributed by atoms with Gasteiger partial charge in [0.15, 0.2) is 18.5 Å². The van der Waals surface area contributed by atoms with E-state index in [0.717, 1.165) is 64.2 Å². The SMILES string of the molecule is CCCCC/C=C\CCCCCCCC(=O)OC(COC(=O)CCCCCCCCCCCCC/C=C\C/C=C\CCCCCCC)COC1OC(C(=O)O)C(O)C(O)C1O. The maximum Gasteiger partial charge on any atom is 0.335 e. The summed E-state index contributed by atoms with van der Waals surface area (Å²) in [6, 6.07) is 0. The van der Waals surface area contributed by atoms with Gasteiger partial charge in [-0.3, -0.25) is 9.59 Å². The van der Waals surface area contributed by atoms with E-state index >= 15 is 0 Å². The molecule has 4 N–H and O–H groups in total. The summed E-state index contributed by atoms with van der Waals surface area (Å²) < 4.78 is 21.8. The van der Waals surface area contributed by atoms with Crippen LogP contribution in [0.4, 0.5) is 0 Å². The molecular formula is C50H88O11. The van der Waals surface area contributed by atoms with Crippen molar-refractivity contribution in [2.24, 2.45) is 0 Å². The number of esters is 2. The van der Waals surface area contributed by atoms with Crippen LogP contribution in [0.3, 0.4) is 0 Å². The van der Waals surface area contributed by atoms with Crippen LogP contribution >= 0.6 is 0 Å². The van der Waals surface area contributed by atoms with Gasteiger partial charge in [0.25, 0.3) is 0 Å². The van der Waals surface area contributed by atoms with Crippen LogP contribution in [0, 0.1) is 0 Å². The lowest BCUT2D eigenvalue weighted by Crippen LogP contribution is -2.60. The molecular weight excluding hydrogens is 777 g/mol. The number of hydrogen-bond donors (Lipinski definition) is 4. The van der Waals surface area contributed by atoms with Crippen LogP contribution in [0.5, 0.6) is 0 Å². The van der Waals surface area contributed by atoms with Crippen molar-refractivity contribution < 1.29 is 53.8 Å². The first-order valence-electron chi connectivity index (χ1n) is 24.5. The van der Waals surface area contributed by atoms with E-state index in [9.17, 15) is 34.8 Å². The number of carbonyl (C=O) groups is 3. The highest BCUT2D eigenvalue weighted by molar-refractivity contribution is 5.73. The molecule has 0 spiro atoms. The first kappa shape index (κ1) is 56.4. The third-order valence-electron chi connectivity index (χ3n) is 11.2. The van der Waals surface area contributed by atoms with Gasteiger partial charge < -0.3 is 39.4 Å². The zero-order valence-corrected chi connectivity index (χ0v) is 38.4. The number of rotatable bonds is 41. The Morgan fingerprint density at radius 1 is 0.508 bits per heavy atom. The quantitative estimate of drug-likeness (QED) is 0.0262. The largest absolute Gasteiger partial charge is 0.479 e. The van der Waals surface area contributed by atoms with Gasteiger partial charge in [0.05, 0.1) is 6.61 Å². The van der Waals surface area contributed by atoms with Crippen LogP contribution < -0.4 is 0 Å². The van der Waals surface area contributed by atoms with Crippen molar-refractivity contribution in [3.63, 3.8) is 0 Å². The van der Waals surface area contributed by atoms with Crippen molar-refractivity contribution in [3.05, 3.63) is 36.5 Å². The molecule has 6 unspecified atom stereocenters. The Labute approximate surface area is 370 Å². The third kappa shape index (κ3) is 31.9. The molecule has 0 bridgehead atoms. The number of carboxylic acids is 1. The molecule has 0 radical (unpaired) electrons. The summed E-state index contributed by atoms with van der Waals surface area (Å²) in [7, 11) is 0. The Morgan fingerprint density at radius 3 is 1.41 bits per heavy atom. The Bertz CT molecular complexity index is 1150. The highest BCUT2D eigenvalue weighted by Crippen LogP contribution is 2.23. The lowest BCUT2D eigenvalue weighted by Gasteiger charge is -2.38. The minimum Gasteiger partial charge on any atom is -0.479 e. The fourth-order valence-corrected chi connectivity index (χ4v) is 7.32. The number of aliphatic hydroxyl groups excluding tert-OH is 3. The Balaban J connectivity index is 2.27. The molecule has 0 aromatic rings. The van der Waals surface area contributed by atoms with Gasteiger partial charge in [-0.05, 0) is 70.6 Å². The van der Waals surface area contributed by atoms with E-state index in [4.69, 9.17) is 18.9 Å². The number of carbonyl (C=O) groups excluding carboxylic acids is 2. The smallest absolute Gasteiger partial charge is 0.335 e. The molecule has 0 saturated carbocycles. The molecule has 11 nitrogen and oxygen atoms in total. The lowest BCUT2D eigenvalue weighted by atomic mass is 9.99. The highest BCUT2D eigenvalue weighted by Gasteiger charge is 2.47. The van der Waals surface area contributed by atoms with Crippen LogP contribution in [-0.2, 0) is 33.3 Å². The average Bonchev–Trinajstić information content (AvgIpc) is 3.24. The fraction of sp³-hybridized carbons (Fsp3) is 0.820. The van der Waals surface area contributed by atoms with Crippen molar-refractivity contribution in [2.45, 2.75) is 250 Å². The topological polar surface area (TPSA) is 169 Å². The maximum absolute atomic E-state index is 12.8. The molecule has 0 aromatic carbocycles. The van der Waals surface area contributed by atoms with Crippen molar-refractivity contribution >= 4 is 17.9 Å². The van der Waals surface area contributed by atoms with Gasteiger partial charge in [-0.1, -0.05) is 166 Å². The van der Waals surface area contributed by atoms with Gasteiger partial charge in [-0.15, -0.1) is 0 Å². The summed E-state index contributed by atoms with van der Waals surface area (Å²) in [6.07, 6.45) is 37.7. The minimum atomic E-state index is -1.86. The Kier molecular flexibility index (Phi) is 37.2. The van der Waals surface area contributed by atoms with Crippen LogP contribution in [0.15, 0.2) is 36.5 Å². The van der Waals surface area contributed by atoms with Crippen LogP contribution in [-0.4, -0.2) is 88.4 Å². The molecule has 1 fully saturated rings. The highest BCUT2D eigenvalue weighted by atomic mass is 16.7. The molecule has 61 heavy (non-hydrogen) atoms. The Hall–Kier alpha value is -2.57. The molecule has 1 rings (SSSR count). The minimum absolute atomic E-state index is 0.173. The monoisotopic (exact) mass is 865 g/mol. The van der Waals surface area contributed by atoms with E-state index in [1.165, 1.54) is 109 Å². The summed E-state index contributed by atoms with van der Waals surface area (Å²) in [5, 5.41) is 39.8. The van der Waals surface area contributed by atoms with Gasteiger partial charge in [0.2, 0.25) is 0 Å². The predicted molar refractivity (Wildman–Crippen MR) is 243 cm³/mol. The van der Waals surface area contributed by atoms with Crippen molar-refractivity contribution in [1.29, 1.82) is 0 Å². The molecule has 1 aliphatic rings. The van der Waals surface area contributed by atoms with E-state index in [-0.39, 0.29) is 19.4 Å². The second-order valence-corrected chi connectivity index (χ2v) is 16.9. The second-order valence-electron chi connectivity index (χ2n) is 16.9. The van der Waals surface area contributed by atoms with Crippen molar-refractivity contribution in [2.75, 3.05) is 13.2 Å². The number of ether oxygens (including phenoxy) is 4. The molecule has 0 aromatic heterocycles. The summed E-state index contributed by atoms with van der Waals surface area (Å²) >= 11 is 0. The molecule has 1 aliphatic heterocycles. The fourth-order valence-electron chi connectivity index (χ4n) is 7.32. The number of allylic oxidation sites excluding steroid dienone is 6. The zero-order valence-electron chi connectivity index (χ0n) is 38.4. The van der Waals surface area contributed by atoms with E-state index < -0.39 is 61.3 Å². The normalized spacial score (nSPS) is 19.9. The summed E-state index contributed by atoms with van der Waals surface area (Å²) in [5.41, 5.74) is 0. The predicted octanol–water partition coefficient (Wildman–Crippen LogP) is 11.2. The van der Waals surface area contributed by atoms with Gasteiger partial charge in [-0.25, -0.2) is 4.79 Å². The molecule has 1 heterocycles. The summed E-state index contributed by atoms with van der Waals surface area (Å²) in [6.45, 7) is 3.78. The lowest BCUT2D eigenvalue weighted by molar-refractivity contribution is -0.298. The molecule has 0 amide bonds. The summed E-state index contributed by atoms with van der Waals surface area (Å²) in [5.74, 6) is -2.45. The van der Waals surface area contributed by atoms with Crippen molar-refractivity contribution in [1.82, 2.24) is 0 Å². The zero-order chi connectivity index (χ0) is 44.6. The van der Waals surface area contributed by atoms with Gasteiger partial charge in [0.1, 0.15) is 24.9 Å². The Morgan fingerprint density at radius 2 is 0.918 bits per heavy atom. The average molecular weight is 865 g/mol. The van der Waals surface area contributed by atoms with Crippen LogP contribution in [0.2, 0.25) is 0 Å². The van der Waals surface area contributed by atoms with Gasteiger partial charge in [0, 0.05) is 12.8 Å². The van der Waals surface area contributed by atoms with Gasteiger partial charge >= 0.3 is 17.9 Å². The molecule has 1 saturated heterocycles. The second kappa shape index (κ2) is 40.2. The number of unbranched alkanes of at least 4 members (excludes halogenated alkanes) is 24. The molecule has 11 heteroatoms. The van der Waals surface area contributed by atoms with Crippen LogP contribution in [0.25, 0.3) is 0 Å². The number of aliphatic carboxylic acids is 1. The molecule has 6 atom stereocenters. The van der Waals surface area contributed by atoms with Gasteiger partial charge in [-0.2, -0.15) is 0 Å². The standard InChI is InChI=1S/C50H88O11/c1-3-5-7-9-11-13-15-17-18-19-20-21-22-23-24-25-26-27-29-30-32-34-36-38-43(51)58-40-42(41-59-50-47(55)45(53)46(54)48(61-50)49(56)57)60-44(52)39-37-35-33-31-28-16-14-12-10-8-6-4-2/h12,14-15,17,19-20,42,45-48,50,53-55H,3-11,13,16,18,21-41H2,1-2H3,(H,56,57)/b14-12-,17-15-,20-19-. The maximum atomic E-state index is 12.8.